The lowest BCUT2D eigenvalue weighted by Gasteiger charge is -2.25. The number of para-hydroxylation sites is 3. The highest BCUT2D eigenvalue weighted by Gasteiger charge is 2.31. The van der Waals surface area contributed by atoms with Crippen LogP contribution in [-0.4, -0.2) is 28.7 Å². The van der Waals surface area contributed by atoms with Gasteiger partial charge in [-0.3, -0.25) is 0 Å². The Morgan fingerprint density at radius 1 is 0.338 bits per heavy atom. The molecular formula is C61H41N7. The van der Waals surface area contributed by atoms with Crippen molar-refractivity contribution in [1.82, 2.24) is 28.7 Å². The maximum atomic E-state index is 11.9. The molecule has 4 heterocycles. The van der Waals surface area contributed by atoms with E-state index in [1.54, 1.807) is 0 Å². The quantitative estimate of drug-likeness (QED) is 0.167. The van der Waals surface area contributed by atoms with Crippen LogP contribution < -0.4 is 0 Å². The molecule has 9 aromatic carbocycles. The van der Waals surface area contributed by atoms with Crippen LogP contribution in [0.15, 0.2) is 194 Å². The van der Waals surface area contributed by atoms with Gasteiger partial charge in [-0.1, -0.05) is 150 Å². The average Bonchev–Trinajstić information content (AvgIpc) is 4.00. The van der Waals surface area contributed by atoms with E-state index in [4.69, 9.17) is 15.0 Å². The van der Waals surface area contributed by atoms with Crippen LogP contribution in [-0.2, 0) is 0 Å². The van der Waals surface area contributed by atoms with Gasteiger partial charge in [-0.2, -0.15) is 5.26 Å². The summed E-state index contributed by atoms with van der Waals surface area (Å²) in [6.45, 7) is 6.43. The van der Waals surface area contributed by atoms with Crippen molar-refractivity contribution in [2.75, 3.05) is 0 Å². The van der Waals surface area contributed by atoms with E-state index in [1.807, 2.05) is 66.7 Å². The Morgan fingerprint density at radius 3 is 1.12 bits per heavy atom. The summed E-state index contributed by atoms with van der Waals surface area (Å²) in [5.74, 6) is 1.52. The molecule has 0 bridgehead atoms. The summed E-state index contributed by atoms with van der Waals surface area (Å²) in [5, 5.41) is 18.6. The van der Waals surface area contributed by atoms with Crippen molar-refractivity contribution in [3.63, 3.8) is 0 Å². The second kappa shape index (κ2) is 15.2. The Labute approximate surface area is 392 Å². The fourth-order valence-corrected chi connectivity index (χ4v) is 10.5. The van der Waals surface area contributed by atoms with Gasteiger partial charge < -0.3 is 13.7 Å². The first-order valence-corrected chi connectivity index (χ1v) is 22.9. The minimum absolute atomic E-state index is 0.449. The summed E-state index contributed by atoms with van der Waals surface area (Å²) in [7, 11) is 0. The number of rotatable bonds is 6. The Bertz CT molecular complexity index is 4190. The summed E-state index contributed by atoms with van der Waals surface area (Å²) in [4.78, 5) is 16.0. The molecule has 0 aliphatic carbocycles. The molecular weight excluding hydrogens is 831 g/mol. The molecule has 320 valence electrons. The zero-order chi connectivity index (χ0) is 45.6. The largest absolute Gasteiger partial charge is 0.306 e. The summed E-state index contributed by atoms with van der Waals surface area (Å²) in [6, 6.07) is 70.7. The standard InChI is InChI=1S/C61H41N7/c1-37-26-29-53-46(32-37)43-20-10-13-23-50(43)66(53)56-42(36-62)35-49(61-64-59(40-16-6-4-7-17-40)63-60(65-61)41-18-8-5-9-19-41)57(67-51-24-14-11-21-44(51)47-33-38(2)27-30-54(47)67)58(56)68-52-25-15-12-22-45(52)48-34-39(3)28-31-55(48)68/h4-35H,1-3H3. The molecule has 0 saturated heterocycles. The van der Waals surface area contributed by atoms with Gasteiger partial charge >= 0.3 is 0 Å². The molecule has 13 aromatic rings. The third-order valence-corrected chi connectivity index (χ3v) is 13.5. The zero-order valence-corrected chi connectivity index (χ0v) is 37.6. The van der Waals surface area contributed by atoms with Gasteiger partial charge in [0.25, 0.3) is 0 Å². The molecule has 0 radical (unpaired) electrons. The SMILES string of the molecule is Cc1ccc2c(c1)c1ccccc1n2-c1c(C#N)cc(-c2nc(-c3ccccc3)nc(-c3ccccc3)n2)c(-n2c3ccccc3c3cc(C)ccc32)c1-n1c2ccccc2c2cc(C)ccc21. The van der Waals surface area contributed by atoms with E-state index in [2.05, 4.69) is 168 Å². The number of benzene rings is 9. The van der Waals surface area contributed by atoms with E-state index in [9.17, 15) is 5.26 Å². The Hall–Kier alpha value is -9.12. The second-order valence-electron chi connectivity index (χ2n) is 17.8. The topological polar surface area (TPSA) is 77.2 Å². The highest BCUT2D eigenvalue weighted by molar-refractivity contribution is 6.15. The predicted molar refractivity (Wildman–Crippen MR) is 278 cm³/mol. The van der Waals surface area contributed by atoms with Crippen molar-refractivity contribution in [2.45, 2.75) is 20.8 Å². The van der Waals surface area contributed by atoms with Crippen LogP contribution in [0.25, 0.3) is 117 Å². The van der Waals surface area contributed by atoms with Gasteiger partial charge in [0.1, 0.15) is 6.07 Å². The molecule has 0 aliphatic heterocycles. The molecule has 68 heavy (non-hydrogen) atoms. The van der Waals surface area contributed by atoms with Gasteiger partial charge in [0.15, 0.2) is 17.5 Å². The van der Waals surface area contributed by atoms with E-state index in [1.165, 1.54) is 0 Å². The number of hydrogen-bond acceptors (Lipinski definition) is 4. The zero-order valence-electron chi connectivity index (χ0n) is 37.6. The minimum Gasteiger partial charge on any atom is -0.306 e. The average molecular weight is 872 g/mol. The lowest BCUT2D eigenvalue weighted by Crippen LogP contribution is -2.14. The lowest BCUT2D eigenvalue weighted by molar-refractivity contribution is 1.03. The first-order valence-electron chi connectivity index (χ1n) is 22.9. The molecule has 0 fully saturated rings. The van der Waals surface area contributed by atoms with Gasteiger partial charge in [0, 0.05) is 49.0 Å². The van der Waals surface area contributed by atoms with E-state index in [0.29, 0.717) is 28.6 Å². The fourth-order valence-electron chi connectivity index (χ4n) is 10.5. The maximum Gasteiger partial charge on any atom is 0.166 e. The molecule has 4 aromatic heterocycles. The van der Waals surface area contributed by atoms with E-state index >= 15 is 0 Å². The summed E-state index contributed by atoms with van der Waals surface area (Å²) in [6.07, 6.45) is 0. The van der Waals surface area contributed by atoms with Crippen LogP contribution in [0, 0.1) is 32.1 Å². The third-order valence-electron chi connectivity index (χ3n) is 13.5. The molecule has 0 amide bonds. The minimum atomic E-state index is 0.449. The van der Waals surface area contributed by atoms with Crippen LogP contribution in [0.1, 0.15) is 22.3 Å². The molecule has 0 saturated carbocycles. The van der Waals surface area contributed by atoms with E-state index in [0.717, 1.165) is 110 Å². The van der Waals surface area contributed by atoms with Crippen molar-refractivity contribution in [1.29, 1.82) is 5.26 Å². The Morgan fingerprint density at radius 2 is 0.691 bits per heavy atom. The summed E-state index contributed by atoms with van der Waals surface area (Å²) < 4.78 is 7.09. The van der Waals surface area contributed by atoms with Gasteiger partial charge in [0.05, 0.1) is 55.7 Å². The Balaban J connectivity index is 1.32. The Kier molecular flexibility index (Phi) is 8.79. The number of aryl methyl sites for hydroxylation is 3. The molecule has 0 spiro atoms. The van der Waals surface area contributed by atoms with Crippen LogP contribution in [0.4, 0.5) is 0 Å². The van der Waals surface area contributed by atoms with E-state index in [-0.39, 0.29) is 0 Å². The van der Waals surface area contributed by atoms with Crippen LogP contribution in [0.2, 0.25) is 0 Å². The number of hydrogen-bond donors (Lipinski definition) is 0. The highest BCUT2D eigenvalue weighted by Crippen LogP contribution is 2.47. The predicted octanol–water partition coefficient (Wildman–Crippen LogP) is 15.0. The second-order valence-corrected chi connectivity index (χ2v) is 17.8. The van der Waals surface area contributed by atoms with Gasteiger partial charge in [-0.25, -0.2) is 15.0 Å². The summed E-state index contributed by atoms with van der Waals surface area (Å²) >= 11 is 0. The first kappa shape index (κ1) is 39.3. The molecule has 13 rings (SSSR count). The normalized spacial score (nSPS) is 11.7. The first-order chi connectivity index (χ1) is 33.4. The molecule has 0 N–H and O–H groups in total. The van der Waals surface area contributed by atoms with Crippen molar-refractivity contribution < 1.29 is 0 Å². The van der Waals surface area contributed by atoms with Crippen molar-refractivity contribution in [3.8, 4) is 57.3 Å². The van der Waals surface area contributed by atoms with Gasteiger partial charge in [-0.05, 0) is 81.4 Å². The van der Waals surface area contributed by atoms with Crippen LogP contribution in [0.5, 0.6) is 0 Å². The third kappa shape index (κ3) is 5.94. The molecule has 0 atom stereocenters. The van der Waals surface area contributed by atoms with Crippen molar-refractivity contribution in [2.24, 2.45) is 0 Å². The van der Waals surface area contributed by atoms with E-state index < -0.39 is 0 Å². The summed E-state index contributed by atoms with van der Waals surface area (Å²) in [5.41, 5.74) is 14.8. The molecule has 7 heteroatoms. The molecule has 0 aliphatic rings. The highest BCUT2D eigenvalue weighted by atomic mass is 15.1. The van der Waals surface area contributed by atoms with Gasteiger partial charge in [0.2, 0.25) is 0 Å². The van der Waals surface area contributed by atoms with Crippen molar-refractivity contribution >= 4 is 65.4 Å². The maximum absolute atomic E-state index is 11.9. The lowest BCUT2D eigenvalue weighted by atomic mass is 10.0. The van der Waals surface area contributed by atoms with Crippen LogP contribution >= 0.6 is 0 Å². The number of aromatic nitrogens is 6. The van der Waals surface area contributed by atoms with Gasteiger partial charge in [-0.15, -0.1) is 0 Å². The number of fused-ring (bicyclic) bond motifs is 9. The monoisotopic (exact) mass is 871 g/mol. The smallest absolute Gasteiger partial charge is 0.166 e. The van der Waals surface area contributed by atoms with Crippen molar-refractivity contribution in [3.05, 3.63) is 216 Å². The number of nitrogens with zero attached hydrogens (tertiary/aromatic N) is 7. The van der Waals surface area contributed by atoms with Crippen LogP contribution in [0.3, 0.4) is 0 Å². The molecule has 7 nitrogen and oxygen atoms in total. The fraction of sp³-hybridized carbons (Fsp3) is 0.0492. The molecule has 0 unspecified atom stereocenters. The number of nitriles is 1.